The molecule has 0 atom stereocenters. The smallest absolute Gasteiger partial charge is 0.307 e. The molecule has 0 radical (unpaired) electrons. The number of hydrogen-bond donors (Lipinski definition) is 1. The molecule has 1 N–H and O–H groups in total. The van der Waals surface area contributed by atoms with E-state index in [-0.39, 0.29) is 28.8 Å². The number of nitrogens with zero attached hydrogens (tertiary/aromatic N) is 2. The van der Waals surface area contributed by atoms with E-state index in [4.69, 9.17) is 30.2 Å². The first kappa shape index (κ1) is 25.5. The summed E-state index contributed by atoms with van der Waals surface area (Å²) in [6, 6.07) is 16.2. The van der Waals surface area contributed by atoms with Crippen LogP contribution in [0.25, 0.3) is 11.0 Å². The van der Waals surface area contributed by atoms with E-state index in [9.17, 15) is 14.9 Å². The lowest BCUT2D eigenvalue weighted by molar-refractivity contribution is -0.384. The summed E-state index contributed by atoms with van der Waals surface area (Å²) in [4.78, 5) is 23.0. The summed E-state index contributed by atoms with van der Waals surface area (Å²) in [6.07, 6.45) is 1.40. The Hall–Kier alpha value is -4.57. The van der Waals surface area contributed by atoms with Crippen molar-refractivity contribution in [1.82, 2.24) is 5.43 Å². The Morgan fingerprint density at radius 1 is 1.16 bits per heavy atom. The fourth-order valence-corrected chi connectivity index (χ4v) is 3.75. The monoisotopic (exact) mass is 523 g/mol. The molecule has 3 aromatic carbocycles. The molecule has 0 bridgehead atoms. The average Bonchev–Trinajstić information content (AvgIpc) is 3.32. The molecule has 0 saturated carbocycles. The van der Waals surface area contributed by atoms with Crippen LogP contribution in [-0.2, 0) is 6.61 Å². The quantitative estimate of drug-likeness (QED) is 0.159. The molecule has 11 heteroatoms. The van der Waals surface area contributed by atoms with Gasteiger partial charge in [0.1, 0.15) is 17.9 Å². The van der Waals surface area contributed by atoms with E-state index < -0.39 is 10.8 Å². The van der Waals surface area contributed by atoms with Crippen molar-refractivity contribution in [2.75, 3.05) is 13.7 Å². The molecule has 1 heterocycles. The van der Waals surface area contributed by atoms with Crippen molar-refractivity contribution in [3.63, 3.8) is 0 Å². The highest BCUT2D eigenvalue weighted by Gasteiger charge is 2.15. The maximum Gasteiger partial charge on any atom is 0.307 e. The molecule has 190 valence electrons. The number of carbonyl (C=O) groups excluding carboxylic acids is 1. The van der Waals surface area contributed by atoms with Crippen molar-refractivity contribution < 1.29 is 28.3 Å². The van der Waals surface area contributed by atoms with Crippen molar-refractivity contribution in [2.45, 2.75) is 13.5 Å². The third kappa shape index (κ3) is 6.17. The van der Waals surface area contributed by atoms with Crippen LogP contribution in [0.3, 0.4) is 0 Å². The van der Waals surface area contributed by atoms with Gasteiger partial charge in [0.05, 0.1) is 29.9 Å². The fourth-order valence-electron chi connectivity index (χ4n) is 3.48. The van der Waals surface area contributed by atoms with E-state index in [0.717, 1.165) is 5.39 Å². The Balaban J connectivity index is 1.43. The fraction of sp³-hybridized carbons (Fsp3) is 0.154. The van der Waals surface area contributed by atoms with Crippen LogP contribution in [0.4, 0.5) is 5.69 Å². The summed E-state index contributed by atoms with van der Waals surface area (Å²) < 4.78 is 22.2. The first-order valence-electron chi connectivity index (χ1n) is 11.1. The molecule has 37 heavy (non-hydrogen) atoms. The van der Waals surface area contributed by atoms with Gasteiger partial charge in [-0.25, -0.2) is 5.43 Å². The van der Waals surface area contributed by atoms with E-state index in [0.29, 0.717) is 34.8 Å². The van der Waals surface area contributed by atoms with Gasteiger partial charge in [-0.2, -0.15) is 5.10 Å². The second kappa shape index (κ2) is 11.4. The Labute approximate surface area is 216 Å². The molecule has 1 aromatic heterocycles. The molecule has 0 aliphatic rings. The van der Waals surface area contributed by atoms with Crippen LogP contribution in [-0.4, -0.2) is 30.8 Å². The van der Waals surface area contributed by atoms with Gasteiger partial charge in [0.15, 0.2) is 17.3 Å². The Kier molecular flexibility index (Phi) is 7.89. The Morgan fingerprint density at radius 3 is 2.76 bits per heavy atom. The number of furan rings is 1. The lowest BCUT2D eigenvalue weighted by atomic mass is 10.2. The van der Waals surface area contributed by atoms with Gasteiger partial charge in [0.25, 0.3) is 5.69 Å². The van der Waals surface area contributed by atoms with Gasteiger partial charge < -0.3 is 18.6 Å². The molecule has 1 amide bonds. The maximum atomic E-state index is 12.5. The van der Waals surface area contributed by atoms with Gasteiger partial charge >= 0.3 is 5.91 Å². The van der Waals surface area contributed by atoms with E-state index in [2.05, 4.69) is 10.5 Å². The third-order valence-electron chi connectivity index (χ3n) is 5.16. The first-order valence-corrected chi connectivity index (χ1v) is 11.5. The summed E-state index contributed by atoms with van der Waals surface area (Å²) in [5, 5.41) is 15.9. The Morgan fingerprint density at radius 2 is 2.00 bits per heavy atom. The number of nitro benzene ring substituents is 1. The number of rotatable bonds is 10. The molecular weight excluding hydrogens is 502 g/mol. The highest BCUT2D eigenvalue weighted by atomic mass is 35.5. The van der Waals surface area contributed by atoms with Crippen molar-refractivity contribution in [2.24, 2.45) is 5.10 Å². The van der Waals surface area contributed by atoms with E-state index in [1.165, 1.54) is 25.5 Å². The molecular formula is C26H22ClN3O7. The lowest BCUT2D eigenvalue weighted by Crippen LogP contribution is -2.16. The largest absolute Gasteiger partial charge is 0.494 e. The van der Waals surface area contributed by atoms with Gasteiger partial charge in [-0.05, 0) is 54.4 Å². The summed E-state index contributed by atoms with van der Waals surface area (Å²) in [7, 11) is 1.45. The SMILES string of the molecule is CCOc1ccc2oc(C(=O)N/N=C/c3cc(Cl)c(OCc4cccc([N+](=O)[O-])c4)c(OC)c3)cc2c1. The van der Waals surface area contributed by atoms with Crippen LogP contribution >= 0.6 is 11.6 Å². The molecule has 0 unspecified atom stereocenters. The number of nitrogens with one attached hydrogen (secondary N) is 1. The van der Waals surface area contributed by atoms with Crippen LogP contribution < -0.4 is 19.6 Å². The molecule has 0 spiro atoms. The van der Waals surface area contributed by atoms with Crippen LogP contribution in [0.5, 0.6) is 17.2 Å². The molecule has 4 aromatic rings. The number of fused-ring (bicyclic) bond motifs is 1. The van der Waals surface area contributed by atoms with Crippen LogP contribution in [0.2, 0.25) is 5.02 Å². The number of amides is 1. The minimum absolute atomic E-state index is 0.0364. The van der Waals surface area contributed by atoms with Crippen molar-refractivity contribution in [3.8, 4) is 17.2 Å². The maximum absolute atomic E-state index is 12.5. The van der Waals surface area contributed by atoms with Gasteiger partial charge in [-0.3, -0.25) is 14.9 Å². The van der Waals surface area contributed by atoms with Crippen molar-refractivity contribution in [1.29, 1.82) is 0 Å². The zero-order chi connectivity index (χ0) is 26.4. The summed E-state index contributed by atoms with van der Waals surface area (Å²) in [6.45, 7) is 2.47. The van der Waals surface area contributed by atoms with Crippen molar-refractivity contribution in [3.05, 3.63) is 92.7 Å². The number of carbonyl (C=O) groups is 1. The zero-order valence-corrected chi connectivity index (χ0v) is 20.7. The second-order valence-corrected chi connectivity index (χ2v) is 8.10. The number of halogens is 1. The zero-order valence-electron chi connectivity index (χ0n) is 19.9. The highest BCUT2D eigenvalue weighted by Crippen LogP contribution is 2.36. The van der Waals surface area contributed by atoms with Gasteiger partial charge in [0, 0.05) is 17.5 Å². The topological polar surface area (TPSA) is 125 Å². The molecule has 0 saturated heterocycles. The number of hydrazone groups is 1. The van der Waals surface area contributed by atoms with E-state index >= 15 is 0 Å². The Bertz CT molecular complexity index is 1480. The number of hydrogen-bond acceptors (Lipinski definition) is 8. The predicted octanol–water partition coefficient (Wildman–Crippen LogP) is 5.74. The van der Waals surface area contributed by atoms with Crippen LogP contribution in [0, 0.1) is 10.1 Å². The third-order valence-corrected chi connectivity index (χ3v) is 5.44. The average molecular weight is 524 g/mol. The molecule has 0 aliphatic carbocycles. The minimum atomic E-state index is -0.527. The molecule has 4 rings (SSSR count). The minimum Gasteiger partial charge on any atom is -0.494 e. The summed E-state index contributed by atoms with van der Waals surface area (Å²) in [5.41, 5.74) is 4.07. The summed E-state index contributed by atoms with van der Waals surface area (Å²) >= 11 is 6.39. The van der Waals surface area contributed by atoms with Gasteiger partial charge in [-0.15, -0.1) is 0 Å². The molecule has 0 aliphatic heterocycles. The lowest BCUT2D eigenvalue weighted by Gasteiger charge is -2.13. The number of benzene rings is 3. The first-order chi connectivity index (χ1) is 17.9. The number of nitro groups is 1. The number of ether oxygens (including phenoxy) is 3. The standard InChI is InChI=1S/C26H22ClN3O7/c1-3-35-20-7-8-22-18(12-20)13-24(37-22)26(31)29-28-14-17-10-21(27)25(23(11-17)34-2)36-15-16-5-4-6-19(9-16)30(32)33/h4-14H,3,15H2,1-2H3,(H,29,31)/b28-14+. The van der Waals surface area contributed by atoms with Crippen LogP contribution in [0.1, 0.15) is 28.6 Å². The van der Waals surface area contributed by atoms with E-state index in [1.54, 1.807) is 48.5 Å². The van der Waals surface area contributed by atoms with E-state index in [1.807, 2.05) is 6.92 Å². The number of methoxy groups -OCH3 is 1. The van der Waals surface area contributed by atoms with Gasteiger partial charge in [0.2, 0.25) is 0 Å². The van der Waals surface area contributed by atoms with Crippen LogP contribution in [0.15, 0.2) is 70.2 Å². The molecule has 0 fully saturated rings. The number of non-ortho nitro benzene ring substituents is 1. The molecule has 10 nitrogen and oxygen atoms in total. The predicted molar refractivity (Wildman–Crippen MR) is 138 cm³/mol. The second-order valence-electron chi connectivity index (χ2n) is 7.69. The normalized spacial score (nSPS) is 11.0. The highest BCUT2D eigenvalue weighted by molar-refractivity contribution is 6.32. The van der Waals surface area contributed by atoms with Crippen molar-refractivity contribution >= 4 is 40.4 Å². The van der Waals surface area contributed by atoms with Gasteiger partial charge in [-0.1, -0.05) is 23.7 Å². The summed E-state index contributed by atoms with van der Waals surface area (Å²) in [5.74, 6) is 0.851.